The van der Waals surface area contributed by atoms with E-state index in [0.29, 0.717) is 0 Å². The second kappa shape index (κ2) is 5.58. The molecule has 2 heterocycles. The van der Waals surface area contributed by atoms with E-state index in [1.54, 1.807) is 0 Å². The minimum atomic E-state index is 0.738. The first-order chi connectivity index (χ1) is 8.71. The molecule has 0 unspecified atom stereocenters. The molecular weight excluding hydrogens is 224 g/mol. The lowest BCUT2D eigenvalue weighted by atomic mass is 10.1. The number of aryl methyl sites for hydroxylation is 2. The molecule has 0 amide bonds. The molecule has 0 saturated heterocycles. The Morgan fingerprint density at radius 3 is 2.61 bits per heavy atom. The number of hydrogen-bond donors (Lipinski definition) is 1. The van der Waals surface area contributed by atoms with Crippen LogP contribution in [0, 0.1) is 6.92 Å². The van der Waals surface area contributed by atoms with Gasteiger partial charge in [-0.1, -0.05) is 13.0 Å². The third-order valence-electron chi connectivity index (χ3n) is 2.80. The number of rotatable bonds is 4. The summed E-state index contributed by atoms with van der Waals surface area (Å²) in [5.74, 6) is 1.63. The van der Waals surface area contributed by atoms with Gasteiger partial charge in [0.1, 0.15) is 11.6 Å². The van der Waals surface area contributed by atoms with Crippen molar-refractivity contribution in [2.45, 2.75) is 26.7 Å². The molecule has 0 aliphatic carbocycles. The summed E-state index contributed by atoms with van der Waals surface area (Å²) < 4.78 is 0. The maximum Gasteiger partial charge on any atom is 0.129 e. The summed E-state index contributed by atoms with van der Waals surface area (Å²) in [4.78, 5) is 13.2. The first kappa shape index (κ1) is 12.5. The van der Waals surface area contributed by atoms with Gasteiger partial charge in [-0.05, 0) is 25.0 Å². The fourth-order valence-corrected chi connectivity index (χ4v) is 1.80. The second-order valence-electron chi connectivity index (χ2n) is 4.23. The van der Waals surface area contributed by atoms with E-state index >= 15 is 0 Å². The minimum Gasteiger partial charge on any atom is -0.373 e. The van der Waals surface area contributed by atoms with Crippen LogP contribution < -0.4 is 5.32 Å². The van der Waals surface area contributed by atoms with Crippen molar-refractivity contribution in [1.29, 1.82) is 0 Å². The molecule has 0 aliphatic rings. The SMILES string of the molecule is CCc1ccc(Cc2cc(NC)nc(C)n2)nc1. The Bertz CT molecular complexity index is 520. The largest absolute Gasteiger partial charge is 0.373 e. The standard InChI is InChI=1S/C14H18N4/c1-4-11-5-6-12(16-9-11)7-13-8-14(15-3)18-10(2)17-13/h5-6,8-9H,4,7H2,1-3H3,(H,15,17,18). The predicted octanol–water partition coefficient (Wildman–Crippen LogP) is 2.37. The van der Waals surface area contributed by atoms with Crippen LogP contribution in [0.5, 0.6) is 0 Å². The molecule has 18 heavy (non-hydrogen) atoms. The topological polar surface area (TPSA) is 50.7 Å². The van der Waals surface area contributed by atoms with Gasteiger partial charge in [-0.15, -0.1) is 0 Å². The van der Waals surface area contributed by atoms with Crippen molar-refractivity contribution in [1.82, 2.24) is 15.0 Å². The first-order valence-corrected chi connectivity index (χ1v) is 6.17. The second-order valence-corrected chi connectivity index (χ2v) is 4.23. The Morgan fingerprint density at radius 1 is 1.17 bits per heavy atom. The summed E-state index contributed by atoms with van der Waals surface area (Å²) in [7, 11) is 1.86. The quantitative estimate of drug-likeness (QED) is 0.894. The molecule has 0 spiro atoms. The number of nitrogens with zero attached hydrogens (tertiary/aromatic N) is 3. The Hall–Kier alpha value is -1.97. The molecule has 0 aliphatic heterocycles. The molecule has 94 valence electrons. The summed E-state index contributed by atoms with van der Waals surface area (Å²) in [5, 5.41) is 3.04. The van der Waals surface area contributed by atoms with Crippen molar-refractivity contribution < 1.29 is 0 Å². The zero-order valence-corrected chi connectivity index (χ0v) is 11.1. The summed E-state index contributed by atoms with van der Waals surface area (Å²) in [6.45, 7) is 4.03. The zero-order valence-electron chi connectivity index (χ0n) is 11.1. The zero-order chi connectivity index (χ0) is 13.0. The average molecular weight is 242 g/mol. The van der Waals surface area contributed by atoms with Crippen LogP contribution in [0.15, 0.2) is 24.4 Å². The third kappa shape index (κ3) is 3.03. The van der Waals surface area contributed by atoms with Crippen molar-refractivity contribution in [3.05, 3.63) is 47.2 Å². The molecule has 0 atom stereocenters. The lowest BCUT2D eigenvalue weighted by Gasteiger charge is -2.05. The lowest BCUT2D eigenvalue weighted by molar-refractivity contribution is 0.941. The molecule has 0 radical (unpaired) electrons. The van der Waals surface area contributed by atoms with Crippen molar-refractivity contribution in [3.63, 3.8) is 0 Å². The van der Waals surface area contributed by atoms with Gasteiger partial charge in [0.15, 0.2) is 0 Å². The highest BCUT2D eigenvalue weighted by atomic mass is 15.0. The van der Waals surface area contributed by atoms with E-state index in [9.17, 15) is 0 Å². The van der Waals surface area contributed by atoms with E-state index in [1.807, 2.05) is 26.2 Å². The molecule has 0 aromatic carbocycles. The van der Waals surface area contributed by atoms with Gasteiger partial charge in [0.2, 0.25) is 0 Å². The molecular formula is C14H18N4. The van der Waals surface area contributed by atoms with Gasteiger partial charge >= 0.3 is 0 Å². The molecule has 0 saturated carbocycles. The van der Waals surface area contributed by atoms with Gasteiger partial charge in [0.05, 0.1) is 5.69 Å². The molecule has 2 rings (SSSR count). The maximum absolute atomic E-state index is 4.45. The van der Waals surface area contributed by atoms with Crippen molar-refractivity contribution in [3.8, 4) is 0 Å². The van der Waals surface area contributed by atoms with Crippen LogP contribution in [0.3, 0.4) is 0 Å². The Balaban J connectivity index is 2.19. The molecule has 2 aromatic rings. The van der Waals surface area contributed by atoms with Crippen molar-refractivity contribution in [2.24, 2.45) is 0 Å². The van der Waals surface area contributed by atoms with Crippen LogP contribution >= 0.6 is 0 Å². The smallest absolute Gasteiger partial charge is 0.129 e. The lowest BCUT2D eigenvalue weighted by Crippen LogP contribution is -2.02. The summed E-state index contributed by atoms with van der Waals surface area (Å²) >= 11 is 0. The van der Waals surface area contributed by atoms with Crippen LogP contribution in [0.4, 0.5) is 5.82 Å². The highest BCUT2D eigenvalue weighted by molar-refractivity contribution is 5.36. The van der Waals surface area contributed by atoms with Crippen LogP contribution in [0.1, 0.15) is 29.7 Å². The Morgan fingerprint density at radius 2 is 2.00 bits per heavy atom. The summed E-state index contributed by atoms with van der Waals surface area (Å²) in [5.41, 5.74) is 3.28. The summed E-state index contributed by atoms with van der Waals surface area (Å²) in [6, 6.07) is 6.15. The van der Waals surface area contributed by atoms with E-state index in [0.717, 1.165) is 35.9 Å². The van der Waals surface area contributed by atoms with E-state index in [4.69, 9.17) is 0 Å². The molecule has 1 N–H and O–H groups in total. The Kier molecular flexibility index (Phi) is 3.87. The van der Waals surface area contributed by atoms with E-state index in [2.05, 4.69) is 39.3 Å². The normalized spacial score (nSPS) is 10.4. The van der Waals surface area contributed by atoms with Crippen LogP contribution in [-0.2, 0) is 12.8 Å². The monoisotopic (exact) mass is 242 g/mol. The maximum atomic E-state index is 4.45. The van der Waals surface area contributed by atoms with Crippen molar-refractivity contribution in [2.75, 3.05) is 12.4 Å². The van der Waals surface area contributed by atoms with Gasteiger partial charge in [-0.2, -0.15) is 0 Å². The average Bonchev–Trinajstić information content (AvgIpc) is 2.39. The number of aromatic nitrogens is 3. The van der Waals surface area contributed by atoms with Crippen LogP contribution in [0.2, 0.25) is 0 Å². The Labute approximate surface area is 108 Å². The van der Waals surface area contributed by atoms with E-state index in [-0.39, 0.29) is 0 Å². The number of nitrogens with one attached hydrogen (secondary N) is 1. The number of hydrogen-bond acceptors (Lipinski definition) is 4. The fraction of sp³-hybridized carbons (Fsp3) is 0.357. The first-order valence-electron chi connectivity index (χ1n) is 6.17. The van der Waals surface area contributed by atoms with Gasteiger partial charge < -0.3 is 5.32 Å². The number of pyridine rings is 1. The van der Waals surface area contributed by atoms with Gasteiger partial charge in [0.25, 0.3) is 0 Å². The third-order valence-corrected chi connectivity index (χ3v) is 2.80. The molecule has 0 fully saturated rings. The highest BCUT2D eigenvalue weighted by Crippen LogP contribution is 2.10. The minimum absolute atomic E-state index is 0.738. The van der Waals surface area contributed by atoms with E-state index in [1.165, 1.54) is 5.56 Å². The van der Waals surface area contributed by atoms with Gasteiger partial charge in [0, 0.05) is 31.4 Å². The predicted molar refractivity (Wildman–Crippen MR) is 72.7 cm³/mol. The van der Waals surface area contributed by atoms with Crippen molar-refractivity contribution >= 4 is 5.82 Å². The molecule has 0 bridgehead atoms. The highest BCUT2D eigenvalue weighted by Gasteiger charge is 2.03. The molecule has 2 aromatic heterocycles. The van der Waals surface area contributed by atoms with E-state index < -0.39 is 0 Å². The number of anilines is 1. The fourth-order valence-electron chi connectivity index (χ4n) is 1.80. The van der Waals surface area contributed by atoms with Crippen LogP contribution in [0.25, 0.3) is 0 Å². The van der Waals surface area contributed by atoms with Crippen LogP contribution in [-0.4, -0.2) is 22.0 Å². The van der Waals surface area contributed by atoms with Gasteiger partial charge in [-0.3, -0.25) is 4.98 Å². The molecule has 4 nitrogen and oxygen atoms in total. The molecule has 4 heteroatoms. The summed E-state index contributed by atoms with van der Waals surface area (Å²) in [6.07, 6.45) is 3.69. The van der Waals surface area contributed by atoms with Gasteiger partial charge in [-0.25, -0.2) is 9.97 Å².